The molecule has 0 amide bonds. The van der Waals surface area contributed by atoms with Gasteiger partial charge in [0.25, 0.3) is 0 Å². The first-order chi connectivity index (χ1) is 16.1. The summed E-state index contributed by atoms with van der Waals surface area (Å²) >= 11 is 0. The standard InChI is InChI=1S/C26H29N7/c1-26(27)10-14-32(15-11-26)23-17-29-24-21(31-23)16-30-25(24)33-13-5-7-19-18(6-4-9-22(19)33)20-8-2-3-12-28-20/h2-4,6,8-9,12,17H,5,7,10-11,13-16,27H2,1H3. The quantitative estimate of drug-likeness (QED) is 0.657. The van der Waals surface area contributed by atoms with Gasteiger partial charge in [-0.2, -0.15) is 0 Å². The van der Waals surface area contributed by atoms with Crippen molar-refractivity contribution >= 4 is 17.3 Å². The van der Waals surface area contributed by atoms with E-state index in [9.17, 15) is 0 Å². The SMILES string of the molecule is CC1(N)CCN(c2cnc3c(n2)CN=C3N2CCCc3c(-c4ccccn4)cccc32)CC1. The molecule has 7 nitrogen and oxygen atoms in total. The Morgan fingerprint density at radius 3 is 2.70 bits per heavy atom. The molecule has 0 atom stereocenters. The first kappa shape index (κ1) is 20.3. The molecule has 3 aliphatic heterocycles. The smallest absolute Gasteiger partial charge is 0.156 e. The van der Waals surface area contributed by atoms with Crippen molar-refractivity contribution < 1.29 is 0 Å². The molecule has 6 rings (SSSR count). The van der Waals surface area contributed by atoms with Gasteiger partial charge in [0.05, 0.1) is 24.1 Å². The Bertz CT molecular complexity index is 1210. The molecule has 0 saturated carbocycles. The van der Waals surface area contributed by atoms with Crippen molar-refractivity contribution in [3.8, 4) is 11.3 Å². The molecule has 168 valence electrons. The minimum atomic E-state index is -0.0767. The zero-order chi connectivity index (χ0) is 22.4. The number of aliphatic imine (C=N–C) groups is 1. The summed E-state index contributed by atoms with van der Waals surface area (Å²) in [6.45, 7) is 5.49. The molecular formula is C26H29N7. The Morgan fingerprint density at radius 1 is 1.00 bits per heavy atom. The normalized spacial score (nSPS) is 19.2. The summed E-state index contributed by atoms with van der Waals surface area (Å²) in [4.78, 5) is 23.9. The maximum atomic E-state index is 6.31. The van der Waals surface area contributed by atoms with Crippen molar-refractivity contribution in [1.82, 2.24) is 15.0 Å². The van der Waals surface area contributed by atoms with Crippen LogP contribution >= 0.6 is 0 Å². The fraction of sp³-hybridized carbons (Fsp3) is 0.385. The van der Waals surface area contributed by atoms with Gasteiger partial charge >= 0.3 is 0 Å². The molecule has 33 heavy (non-hydrogen) atoms. The monoisotopic (exact) mass is 439 g/mol. The average molecular weight is 440 g/mol. The van der Waals surface area contributed by atoms with E-state index in [0.717, 1.165) is 74.1 Å². The van der Waals surface area contributed by atoms with Gasteiger partial charge in [0, 0.05) is 42.6 Å². The summed E-state index contributed by atoms with van der Waals surface area (Å²) < 4.78 is 0. The van der Waals surface area contributed by atoms with Gasteiger partial charge in [0.1, 0.15) is 11.5 Å². The van der Waals surface area contributed by atoms with Gasteiger partial charge in [-0.15, -0.1) is 0 Å². The molecule has 1 saturated heterocycles. The van der Waals surface area contributed by atoms with E-state index in [2.05, 4.69) is 46.0 Å². The van der Waals surface area contributed by atoms with Gasteiger partial charge in [-0.1, -0.05) is 18.2 Å². The van der Waals surface area contributed by atoms with E-state index in [1.807, 2.05) is 24.5 Å². The van der Waals surface area contributed by atoms with Gasteiger partial charge in [-0.3, -0.25) is 9.98 Å². The number of hydrogen-bond donors (Lipinski definition) is 1. The third-order valence-electron chi connectivity index (χ3n) is 7.10. The fourth-order valence-corrected chi connectivity index (χ4v) is 5.16. The molecule has 2 N–H and O–H groups in total. The Labute approximate surface area is 194 Å². The topological polar surface area (TPSA) is 83.5 Å². The first-order valence-electron chi connectivity index (χ1n) is 11.8. The molecule has 5 heterocycles. The lowest BCUT2D eigenvalue weighted by Crippen LogP contribution is -2.48. The highest BCUT2D eigenvalue weighted by Crippen LogP contribution is 2.36. The van der Waals surface area contributed by atoms with E-state index in [1.54, 1.807) is 0 Å². The van der Waals surface area contributed by atoms with E-state index in [-0.39, 0.29) is 5.54 Å². The Morgan fingerprint density at radius 2 is 1.88 bits per heavy atom. The molecular weight excluding hydrogens is 410 g/mol. The van der Waals surface area contributed by atoms with Crippen LogP contribution in [0.5, 0.6) is 0 Å². The minimum absolute atomic E-state index is 0.0767. The second-order valence-corrected chi connectivity index (χ2v) is 9.58. The predicted molar refractivity (Wildman–Crippen MR) is 132 cm³/mol. The summed E-state index contributed by atoms with van der Waals surface area (Å²) in [6.07, 6.45) is 7.82. The first-order valence-corrected chi connectivity index (χ1v) is 11.8. The number of aromatic nitrogens is 3. The van der Waals surface area contributed by atoms with Crippen LogP contribution < -0.4 is 15.5 Å². The number of rotatable bonds is 2. The van der Waals surface area contributed by atoms with Gasteiger partial charge < -0.3 is 15.5 Å². The van der Waals surface area contributed by atoms with Crippen LogP contribution in [0.3, 0.4) is 0 Å². The van der Waals surface area contributed by atoms with Gasteiger partial charge in [0.2, 0.25) is 0 Å². The lowest BCUT2D eigenvalue weighted by Gasteiger charge is -2.37. The zero-order valence-electron chi connectivity index (χ0n) is 19.0. The number of hydrogen-bond acceptors (Lipinski definition) is 7. The zero-order valence-corrected chi connectivity index (χ0v) is 19.0. The molecule has 1 aromatic carbocycles. The van der Waals surface area contributed by atoms with Crippen LogP contribution in [-0.4, -0.2) is 46.0 Å². The van der Waals surface area contributed by atoms with Crippen LogP contribution in [0.2, 0.25) is 0 Å². The van der Waals surface area contributed by atoms with Crippen molar-refractivity contribution in [2.24, 2.45) is 10.7 Å². The highest BCUT2D eigenvalue weighted by molar-refractivity contribution is 6.11. The van der Waals surface area contributed by atoms with E-state index >= 15 is 0 Å². The van der Waals surface area contributed by atoms with E-state index in [4.69, 9.17) is 20.7 Å². The van der Waals surface area contributed by atoms with Crippen molar-refractivity contribution in [2.45, 2.75) is 44.7 Å². The van der Waals surface area contributed by atoms with Crippen molar-refractivity contribution in [2.75, 3.05) is 29.4 Å². The molecule has 0 aliphatic carbocycles. The number of anilines is 2. The predicted octanol–water partition coefficient (Wildman–Crippen LogP) is 3.57. The number of pyridine rings is 1. The molecule has 0 bridgehead atoms. The van der Waals surface area contributed by atoms with E-state index in [1.165, 1.54) is 16.8 Å². The number of piperidine rings is 1. The molecule has 7 heteroatoms. The molecule has 0 radical (unpaired) electrons. The largest absolute Gasteiger partial charge is 0.355 e. The fourth-order valence-electron chi connectivity index (χ4n) is 5.16. The lowest BCUT2D eigenvalue weighted by molar-refractivity contribution is 0.363. The number of fused-ring (bicyclic) bond motifs is 2. The minimum Gasteiger partial charge on any atom is -0.355 e. The average Bonchev–Trinajstić information content (AvgIpc) is 3.27. The Balaban J connectivity index is 1.30. The summed E-state index contributed by atoms with van der Waals surface area (Å²) in [7, 11) is 0. The van der Waals surface area contributed by atoms with Gasteiger partial charge in [-0.25, -0.2) is 9.97 Å². The lowest BCUT2D eigenvalue weighted by atomic mass is 9.91. The Kier molecular flexibility index (Phi) is 4.87. The second-order valence-electron chi connectivity index (χ2n) is 9.58. The Hall–Kier alpha value is -3.32. The van der Waals surface area contributed by atoms with Crippen molar-refractivity contribution in [3.05, 3.63) is 65.7 Å². The molecule has 3 aromatic rings. The van der Waals surface area contributed by atoms with Crippen LogP contribution in [0, 0.1) is 0 Å². The highest BCUT2D eigenvalue weighted by Gasteiger charge is 2.31. The number of amidine groups is 1. The summed E-state index contributed by atoms with van der Waals surface area (Å²) in [5.41, 5.74) is 12.9. The van der Waals surface area contributed by atoms with Crippen LogP contribution in [-0.2, 0) is 13.0 Å². The summed E-state index contributed by atoms with van der Waals surface area (Å²) in [6, 6.07) is 12.6. The maximum absolute atomic E-state index is 6.31. The van der Waals surface area contributed by atoms with Crippen LogP contribution in [0.1, 0.15) is 43.1 Å². The molecule has 0 unspecified atom stereocenters. The molecule has 1 fully saturated rings. The van der Waals surface area contributed by atoms with E-state index < -0.39 is 0 Å². The number of nitrogens with zero attached hydrogens (tertiary/aromatic N) is 6. The third-order valence-corrected chi connectivity index (χ3v) is 7.10. The summed E-state index contributed by atoms with van der Waals surface area (Å²) in [5.74, 6) is 1.88. The number of benzene rings is 1. The van der Waals surface area contributed by atoms with Crippen molar-refractivity contribution in [1.29, 1.82) is 0 Å². The van der Waals surface area contributed by atoms with Gasteiger partial charge in [-0.05, 0) is 56.4 Å². The molecule has 3 aliphatic rings. The van der Waals surface area contributed by atoms with Crippen LogP contribution in [0.15, 0.2) is 53.8 Å². The maximum Gasteiger partial charge on any atom is 0.156 e. The number of nitrogens with two attached hydrogens (primary N) is 1. The van der Waals surface area contributed by atoms with Crippen LogP contribution in [0.25, 0.3) is 11.3 Å². The van der Waals surface area contributed by atoms with Gasteiger partial charge in [0.15, 0.2) is 5.84 Å². The van der Waals surface area contributed by atoms with E-state index in [0.29, 0.717) is 6.54 Å². The van der Waals surface area contributed by atoms with Crippen molar-refractivity contribution in [3.63, 3.8) is 0 Å². The molecule has 0 spiro atoms. The van der Waals surface area contributed by atoms with Crippen LogP contribution in [0.4, 0.5) is 11.5 Å². The third kappa shape index (κ3) is 3.66. The second kappa shape index (κ2) is 7.92. The molecule has 2 aromatic heterocycles. The summed E-state index contributed by atoms with van der Waals surface area (Å²) in [5, 5.41) is 0. The highest BCUT2D eigenvalue weighted by atomic mass is 15.2.